The van der Waals surface area contributed by atoms with Gasteiger partial charge in [-0.3, -0.25) is 0 Å². The van der Waals surface area contributed by atoms with Gasteiger partial charge in [-0.1, -0.05) is 13.8 Å². The Morgan fingerprint density at radius 2 is 2.00 bits per heavy atom. The molecule has 3 nitrogen and oxygen atoms in total. The molecule has 0 aliphatic rings. The summed E-state index contributed by atoms with van der Waals surface area (Å²) in [5, 5.41) is 8.73. The Morgan fingerprint density at radius 3 is 2.50 bits per heavy atom. The van der Waals surface area contributed by atoms with E-state index in [2.05, 4.69) is 32.6 Å². The number of halogens is 1. The Morgan fingerprint density at radius 1 is 1.35 bits per heavy atom. The Bertz CT molecular complexity index is 495. The van der Waals surface area contributed by atoms with E-state index in [1.165, 1.54) is 18.2 Å². The first kappa shape index (κ1) is 16.2. The van der Waals surface area contributed by atoms with Gasteiger partial charge in [-0.15, -0.1) is 0 Å². The zero-order valence-corrected chi connectivity index (χ0v) is 12.4. The quantitative estimate of drug-likeness (QED) is 0.805. The van der Waals surface area contributed by atoms with Gasteiger partial charge in [0.2, 0.25) is 0 Å². The average molecular weight is 279 g/mol. The molecule has 4 heteroatoms. The molecule has 1 aromatic carbocycles. The molecule has 0 atom stereocenters. The normalized spacial score (nSPS) is 11.6. The van der Waals surface area contributed by atoms with Crippen molar-refractivity contribution in [1.82, 2.24) is 0 Å². The minimum Gasteiger partial charge on any atom is -0.478 e. The van der Waals surface area contributed by atoms with E-state index in [-0.39, 0.29) is 11.9 Å². The highest BCUT2D eigenvalue weighted by Crippen LogP contribution is 2.26. The Hall–Kier alpha value is -1.84. The zero-order chi connectivity index (χ0) is 15.3. The Labute approximate surface area is 119 Å². The van der Waals surface area contributed by atoms with Crippen molar-refractivity contribution in [3.05, 3.63) is 35.7 Å². The van der Waals surface area contributed by atoms with Crippen LogP contribution in [0.2, 0.25) is 0 Å². The van der Waals surface area contributed by atoms with Crippen LogP contribution in [0.5, 0.6) is 0 Å². The van der Waals surface area contributed by atoms with Crippen molar-refractivity contribution < 1.29 is 14.3 Å². The Kier molecular flexibility index (Phi) is 5.74. The standard InChI is InChI=1S/C16H22FNO2/c1-11(2)10-18(12(3)4)15-7-6-14(17)9-13(15)5-8-16(19)20/h5-9,11-12H,10H2,1-4H3,(H,19,20). The minimum atomic E-state index is -1.04. The first-order valence-corrected chi connectivity index (χ1v) is 6.78. The number of benzene rings is 1. The van der Waals surface area contributed by atoms with Gasteiger partial charge in [-0.05, 0) is 44.0 Å². The molecule has 0 bridgehead atoms. The van der Waals surface area contributed by atoms with Crippen LogP contribution in [0.15, 0.2) is 24.3 Å². The van der Waals surface area contributed by atoms with E-state index in [4.69, 9.17) is 5.11 Å². The number of aliphatic carboxylic acids is 1. The highest BCUT2D eigenvalue weighted by Gasteiger charge is 2.15. The van der Waals surface area contributed by atoms with Crippen LogP contribution in [0, 0.1) is 11.7 Å². The summed E-state index contributed by atoms with van der Waals surface area (Å²) in [5.41, 5.74) is 1.44. The fourth-order valence-electron chi connectivity index (χ4n) is 2.06. The molecule has 0 saturated heterocycles. The van der Waals surface area contributed by atoms with Gasteiger partial charge < -0.3 is 10.0 Å². The molecule has 0 radical (unpaired) electrons. The molecule has 110 valence electrons. The lowest BCUT2D eigenvalue weighted by molar-refractivity contribution is -0.131. The number of hydrogen-bond donors (Lipinski definition) is 1. The lowest BCUT2D eigenvalue weighted by atomic mass is 10.1. The molecular weight excluding hydrogens is 257 g/mol. The van der Waals surface area contributed by atoms with Gasteiger partial charge in [-0.25, -0.2) is 9.18 Å². The van der Waals surface area contributed by atoms with Gasteiger partial charge in [-0.2, -0.15) is 0 Å². The number of nitrogens with zero attached hydrogens (tertiary/aromatic N) is 1. The van der Waals surface area contributed by atoms with E-state index in [0.717, 1.165) is 18.3 Å². The first-order chi connectivity index (χ1) is 9.31. The highest BCUT2D eigenvalue weighted by molar-refractivity contribution is 5.87. The molecular formula is C16H22FNO2. The Balaban J connectivity index is 3.22. The predicted molar refractivity (Wildman–Crippen MR) is 80.4 cm³/mol. The van der Waals surface area contributed by atoms with Gasteiger partial charge in [0.05, 0.1) is 0 Å². The maximum Gasteiger partial charge on any atom is 0.328 e. The number of rotatable bonds is 6. The van der Waals surface area contributed by atoms with Gasteiger partial charge in [0.25, 0.3) is 0 Å². The zero-order valence-electron chi connectivity index (χ0n) is 12.4. The third-order valence-electron chi connectivity index (χ3n) is 2.89. The smallest absolute Gasteiger partial charge is 0.328 e. The number of carboxylic acid groups (broad SMARTS) is 1. The second kappa shape index (κ2) is 7.08. The van der Waals surface area contributed by atoms with Crippen molar-refractivity contribution in [3.63, 3.8) is 0 Å². The summed E-state index contributed by atoms with van der Waals surface area (Å²) in [6.07, 6.45) is 2.47. The molecule has 1 rings (SSSR count). The van der Waals surface area contributed by atoms with Crippen LogP contribution >= 0.6 is 0 Å². The van der Waals surface area contributed by atoms with Gasteiger partial charge in [0.1, 0.15) is 5.82 Å². The van der Waals surface area contributed by atoms with Crippen LogP contribution in [-0.2, 0) is 4.79 Å². The van der Waals surface area contributed by atoms with Crippen molar-refractivity contribution in [2.45, 2.75) is 33.7 Å². The van der Waals surface area contributed by atoms with Crippen molar-refractivity contribution in [2.24, 2.45) is 5.92 Å². The summed E-state index contributed by atoms with van der Waals surface area (Å²) >= 11 is 0. The van der Waals surface area contributed by atoms with Crippen molar-refractivity contribution in [2.75, 3.05) is 11.4 Å². The summed E-state index contributed by atoms with van der Waals surface area (Å²) in [5.74, 6) is -0.953. The molecule has 0 heterocycles. The fraction of sp³-hybridized carbons (Fsp3) is 0.438. The van der Waals surface area contributed by atoms with E-state index in [0.29, 0.717) is 11.5 Å². The number of hydrogen-bond acceptors (Lipinski definition) is 2. The van der Waals surface area contributed by atoms with Crippen LogP contribution in [0.1, 0.15) is 33.3 Å². The van der Waals surface area contributed by atoms with Crippen LogP contribution in [0.4, 0.5) is 10.1 Å². The van der Waals surface area contributed by atoms with Crippen LogP contribution in [0.25, 0.3) is 6.08 Å². The van der Waals surface area contributed by atoms with E-state index < -0.39 is 5.97 Å². The lowest BCUT2D eigenvalue weighted by Gasteiger charge is -2.32. The lowest BCUT2D eigenvalue weighted by Crippen LogP contribution is -2.34. The van der Waals surface area contributed by atoms with Crippen LogP contribution in [0.3, 0.4) is 0 Å². The summed E-state index contributed by atoms with van der Waals surface area (Å²) < 4.78 is 13.4. The molecule has 0 saturated carbocycles. The maximum atomic E-state index is 13.4. The molecule has 0 spiro atoms. The molecule has 0 unspecified atom stereocenters. The third kappa shape index (κ3) is 4.68. The minimum absolute atomic E-state index is 0.250. The largest absolute Gasteiger partial charge is 0.478 e. The van der Waals surface area contributed by atoms with Crippen molar-refractivity contribution in [1.29, 1.82) is 0 Å². The third-order valence-corrected chi connectivity index (χ3v) is 2.89. The highest BCUT2D eigenvalue weighted by atomic mass is 19.1. The van der Waals surface area contributed by atoms with Crippen molar-refractivity contribution >= 4 is 17.7 Å². The molecule has 0 fully saturated rings. The SMILES string of the molecule is CC(C)CN(c1ccc(F)cc1C=CC(=O)O)C(C)C. The molecule has 0 amide bonds. The first-order valence-electron chi connectivity index (χ1n) is 6.78. The van der Waals surface area contributed by atoms with E-state index in [9.17, 15) is 9.18 Å². The number of carbonyl (C=O) groups is 1. The number of anilines is 1. The molecule has 0 aromatic heterocycles. The second-order valence-electron chi connectivity index (χ2n) is 5.51. The molecule has 0 aliphatic carbocycles. The monoisotopic (exact) mass is 279 g/mol. The van der Waals surface area contributed by atoms with E-state index >= 15 is 0 Å². The summed E-state index contributed by atoms with van der Waals surface area (Å²) in [6.45, 7) is 9.20. The van der Waals surface area contributed by atoms with Crippen LogP contribution in [-0.4, -0.2) is 23.7 Å². The van der Waals surface area contributed by atoms with Gasteiger partial charge >= 0.3 is 5.97 Å². The molecule has 20 heavy (non-hydrogen) atoms. The van der Waals surface area contributed by atoms with Gasteiger partial charge in [0.15, 0.2) is 0 Å². The molecule has 1 N–H and O–H groups in total. The van der Waals surface area contributed by atoms with E-state index in [1.54, 1.807) is 6.07 Å². The molecule has 1 aromatic rings. The number of carboxylic acids is 1. The van der Waals surface area contributed by atoms with Crippen molar-refractivity contribution in [3.8, 4) is 0 Å². The predicted octanol–water partition coefficient (Wildman–Crippen LogP) is 3.79. The topological polar surface area (TPSA) is 40.5 Å². The average Bonchev–Trinajstić information content (AvgIpc) is 2.33. The second-order valence-corrected chi connectivity index (χ2v) is 5.51. The summed E-state index contributed by atoms with van der Waals surface area (Å²) in [7, 11) is 0. The maximum absolute atomic E-state index is 13.4. The summed E-state index contributed by atoms with van der Waals surface area (Å²) in [6, 6.07) is 4.73. The van der Waals surface area contributed by atoms with Gasteiger partial charge in [0, 0.05) is 29.9 Å². The summed E-state index contributed by atoms with van der Waals surface area (Å²) in [4.78, 5) is 12.8. The van der Waals surface area contributed by atoms with E-state index in [1.807, 2.05) is 0 Å². The van der Waals surface area contributed by atoms with Crippen LogP contribution < -0.4 is 4.90 Å². The molecule has 0 aliphatic heterocycles. The fourth-order valence-corrected chi connectivity index (χ4v) is 2.06.